The molecule has 7 heteroatoms. The van der Waals surface area contributed by atoms with Crippen LogP contribution in [0.3, 0.4) is 0 Å². The zero-order valence-electron chi connectivity index (χ0n) is 18.7. The summed E-state index contributed by atoms with van der Waals surface area (Å²) in [6.07, 6.45) is 2.58. The van der Waals surface area contributed by atoms with Crippen LogP contribution in [-0.4, -0.2) is 46.0 Å². The third-order valence-corrected chi connectivity index (χ3v) is 6.11. The molecule has 3 heterocycles. The zero-order chi connectivity index (χ0) is 21.4. The van der Waals surface area contributed by atoms with Gasteiger partial charge < -0.3 is 14.4 Å². The topological polar surface area (TPSA) is 71.9 Å². The number of hydrogen-bond acceptors (Lipinski definition) is 5. The van der Waals surface area contributed by atoms with Crippen LogP contribution in [0.5, 0.6) is 0 Å². The number of carbonyl (C=O) groups is 1. The van der Waals surface area contributed by atoms with E-state index in [0.29, 0.717) is 18.7 Å². The number of nitrogens with zero attached hydrogens (tertiary/aromatic N) is 2. The van der Waals surface area contributed by atoms with Gasteiger partial charge in [-0.25, -0.2) is 4.98 Å². The smallest absolute Gasteiger partial charge is 0.399 e. The van der Waals surface area contributed by atoms with Crippen LogP contribution in [0.25, 0.3) is 0 Å². The van der Waals surface area contributed by atoms with E-state index in [9.17, 15) is 9.90 Å². The van der Waals surface area contributed by atoms with Crippen molar-refractivity contribution >= 4 is 24.3 Å². The average molecular weight is 361 g/mol. The quantitative estimate of drug-likeness (QED) is 0.810. The molecule has 1 amide bonds. The van der Waals surface area contributed by atoms with Crippen molar-refractivity contribution in [3.8, 4) is 0 Å². The number of aliphatic hydroxyl groups is 1. The molecule has 26 heavy (non-hydrogen) atoms. The predicted molar refractivity (Wildman–Crippen MR) is 99.4 cm³/mol. The van der Waals surface area contributed by atoms with Gasteiger partial charge in [0.2, 0.25) is 5.91 Å². The Bertz CT molecular complexity index is 836. The third-order valence-electron chi connectivity index (χ3n) is 6.11. The van der Waals surface area contributed by atoms with E-state index in [-0.39, 0.29) is 24.8 Å². The molecule has 3 aliphatic rings. The van der Waals surface area contributed by atoms with E-state index in [2.05, 4.69) is 4.98 Å². The molecule has 0 unspecified atom stereocenters. The number of pyridine rings is 1. The highest BCUT2D eigenvalue weighted by molar-refractivity contribution is 6.62. The molecule has 0 spiro atoms. The Morgan fingerprint density at radius 2 is 1.92 bits per heavy atom. The first kappa shape index (κ1) is 14.6. The minimum absolute atomic E-state index is 0.0232. The number of amides is 1. The van der Waals surface area contributed by atoms with E-state index in [1.807, 2.05) is 33.8 Å². The summed E-state index contributed by atoms with van der Waals surface area (Å²) in [7, 11) is -0.534. The summed E-state index contributed by atoms with van der Waals surface area (Å²) >= 11 is 0. The monoisotopic (exact) mass is 361 g/mol. The molecule has 1 saturated carbocycles. The van der Waals surface area contributed by atoms with E-state index >= 15 is 0 Å². The standard InChI is InChI=1S/C19H27BN2O4/c1-17(2)18(3,4)26-20(25-17)13-8-12-6-7-15(23)22(16(12)21-11-13)14-9-19(5,24)10-14/h8,11,14,24H,6-7,9-10H2,1-5H3/i5D3. The Balaban J connectivity index is 1.58. The maximum absolute atomic E-state index is 12.6. The summed E-state index contributed by atoms with van der Waals surface area (Å²) in [4.78, 5) is 18.7. The number of fused-ring (bicyclic) bond motifs is 1. The molecule has 140 valence electrons. The molecule has 1 aliphatic carbocycles. The second kappa shape index (κ2) is 5.53. The van der Waals surface area contributed by atoms with Crippen molar-refractivity contribution in [3.63, 3.8) is 0 Å². The molecule has 0 aromatic carbocycles. The largest absolute Gasteiger partial charge is 0.496 e. The summed E-state index contributed by atoms with van der Waals surface area (Å²) in [5.74, 6) is 0.449. The first-order valence-electron chi connectivity index (χ1n) is 10.6. The molecule has 1 aromatic heterocycles. The number of rotatable bonds is 2. The predicted octanol–water partition coefficient (Wildman–Crippen LogP) is 1.57. The first-order chi connectivity index (χ1) is 13.2. The number of aromatic nitrogens is 1. The lowest BCUT2D eigenvalue weighted by molar-refractivity contribution is -0.121. The van der Waals surface area contributed by atoms with E-state index in [0.717, 1.165) is 11.0 Å². The van der Waals surface area contributed by atoms with Gasteiger partial charge in [-0.1, -0.05) is 6.07 Å². The van der Waals surface area contributed by atoms with Crippen LogP contribution in [0.1, 0.15) is 63.5 Å². The van der Waals surface area contributed by atoms with E-state index in [1.165, 1.54) is 0 Å². The van der Waals surface area contributed by atoms with Gasteiger partial charge >= 0.3 is 7.12 Å². The normalized spacial score (nSPS) is 34.6. The van der Waals surface area contributed by atoms with Gasteiger partial charge in [0.1, 0.15) is 5.82 Å². The fourth-order valence-corrected chi connectivity index (χ4v) is 3.79. The van der Waals surface area contributed by atoms with Crippen molar-refractivity contribution in [2.24, 2.45) is 0 Å². The molecular weight excluding hydrogens is 331 g/mol. The first-order valence-corrected chi connectivity index (χ1v) is 9.13. The van der Waals surface area contributed by atoms with Gasteiger partial charge in [0.15, 0.2) is 0 Å². The maximum Gasteiger partial charge on any atom is 0.496 e. The molecule has 0 atom stereocenters. The van der Waals surface area contributed by atoms with Gasteiger partial charge in [0.25, 0.3) is 0 Å². The molecule has 1 saturated heterocycles. The maximum atomic E-state index is 12.6. The Labute approximate surface area is 159 Å². The highest BCUT2D eigenvalue weighted by Gasteiger charge is 2.52. The zero-order valence-corrected chi connectivity index (χ0v) is 15.7. The summed E-state index contributed by atoms with van der Waals surface area (Å²) < 4.78 is 34.7. The van der Waals surface area contributed by atoms with Crippen LogP contribution in [0.15, 0.2) is 12.3 Å². The van der Waals surface area contributed by atoms with Gasteiger partial charge in [-0.15, -0.1) is 0 Å². The van der Waals surface area contributed by atoms with E-state index in [4.69, 9.17) is 13.4 Å². The van der Waals surface area contributed by atoms with Crippen molar-refractivity contribution in [1.82, 2.24) is 4.98 Å². The highest BCUT2D eigenvalue weighted by atomic mass is 16.7. The Morgan fingerprint density at radius 1 is 1.27 bits per heavy atom. The van der Waals surface area contributed by atoms with Crippen LogP contribution in [-0.2, 0) is 20.5 Å². The van der Waals surface area contributed by atoms with Crippen molar-refractivity contribution < 1.29 is 23.3 Å². The second-order valence-corrected chi connectivity index (χ2v) is 8.70. The molecule has 1 aromatic rings. The minimum Gasteiger partial charge on any atom is -0.399 e. The molecule has 4 rings (SSSR count). The Morgan fingerprint density at radius 3 is 2.54 bits per heavy atom. The number of hydrogen-bond donors (Lipinski definition) is 1. The summed E-state index contributed by atoms with van der Waals surface area (Å²) in [5, 5.41) is 10.3. The van der Waals surface area contributed by atoms with Gasteiger partial charge in [-0.3, -0.25) is 9.69 Å². The van der Waals surface area contributed by atoms with Crippen LogP contribution >= 0.6 is 0 Å². The van der Waals surface area contributed by atoms with E-state index in [1.54, 1.807) is 11.1 Å². The molecule has 1 N–H and O–H groups in total. The number of aryl methyl sites for hydroxylation is 1. The Kier molecular flexibility index (Phi) is 3.11. The van der Waals surface area contributed by atoms with Crippen LogP contribution in [0.4, 0.5) is 5.82 Å². The van der Waals surface area contributed by atoms with Crippen molar-refractivity contribution in [2.45, 2.75) is 83.1 Å². The molecule has 0 radical (unpaired) electrons. The lowest BCUT2D eigenvalue weighted by Crippen LogP contribution is -2.57. The van der Waals surface area contributed by atoms with Crippen molar-refractivity contribution in [2.75, 3.05) is 4.90 Å². The van der Waals surface area contributed by atoms with Gasteiger partial charge in [0, 0.05) is 28.2 Å². The van der Waals surface area contributed by atoms with E-state index < -0.39 is 30.8 Å². The highest BCUT2D eigenvalue weighted by Crippen LogP contribution is 2.40. The molecule has 2 fully saturated rings. The lowest BCUT2D eigenvalue weighted by Gasteiger charge is -2.47. The summed E-state index contributed by atoms with van der Waals surface area (Å²) in [5.41, 5.74) is -0.953. The fraction of sp³-hybridized carbons (Fsp3) is 0.684. The van der Waals surface area contributed by atoms with Crippen molar-refractivity contribution in [3.05, 3.63) is 17.8 Å². The van der Waals surface area contributed by atoms with Crippen LogP contribution in [0, 0.1) is 0 Å². The lowest BCUT2D eigenvalue weighted by atomic mass is 9.75. The number of anilines is 1. The van der Waals surface area contributed by atoms with Gasteiger partial charge in [-0.2, -0.15) is 0 Å². The van der Waals surface area contributed by atoms with Crippen LogP contribution < -0.4 is 10.4 Å². The summed E-state index contributed by atoms with van der Waals surface area (Å²) in [6.45, 7) is 5.49. The van der Waals surface area contributed by atoms with Crippen molar-refractivity contribution in [1.29, 1.82) is 0 Å². The Hall–Kier alpha value is -1.44. The molecule has 6 nitrogen and oxygen atoms in total. The van der Waals surface area contributed by atoms with Crippen LogP contribution in [0.2, 0.25) is 0 Å². The summed E-state index contributed by atoms with van der Waals surface area (Å²) in [6, 6.07) is 1.60. The van der Waals surface area contributed by atoms with Gasteiger partial charge in [-0.05, 0) is 59.4 Å². The second-order valence-electron chi connectivity index (χ2n) is 8.70. The number of carbonyl (C=O) groups excluding carboxylic acids is 1. The molecule has 2 aliphatic heterocycles. The van der Waals surface area contributed by atoms with Gasteiger partial charge in [0.05, 0.1) is 16.8 Å². The minimum atomic E-state index is -2.46. The molecular formula is C19H27BN2O4. The molecule has 0 bridgehead atoms. The SMILES string of the molecule is [2H]C([2H])([2H])C1(O)CC(N2C(=O)CCc3cc(B4OC(C)(C)C(C)(C)O4)cnc32)C1. The fourth-order valence-electron chi connectivity index (χ4n) is 3.79. The average Bonchev–Trinajstić information content (AvgIpc) is 2.79. The third kappa shape index (κ3) is 2.77.